The summed E-state index contributed by atoms with van der Waals surface area (Å²) >= 11 is 0. The van der Waals surface area contributed by atoms with E-state index in [0.29, 0.717) is 19.4 Å². The Morgan fingerprint density at radius 2 is 2.21 bits per heavy atom. The molecule has 0 amide bonds. The average Bonchev–Trinajstić information content (AvgIpc) is 2.01. The summed E-state index contributed by atoms with van der Waals surface area (Å²) in [4.78, 5) is 10.6. The van der Waals surface area contributed by atoms with Crippen molar-refractivity contribution in [1.29, 1.82) is 0 Å². The molecule has 5 nitrogen and oxygen atoms in total. The van der Waals surface area contributed by atoms with Crippen LogP contribution in [0.5, 0.6) is 0 Å². The number of rotatable bonds is 2. The second-order valence-electron chi connectivity index (χ2n) is 3.17. The fraction of sp³-hybridized carbons (Fsp3) is 0.857. The maximum absolute atomic E-state index is 11.0. The molecule has 0 aromatic rings. The second-order valence-corrected chi connectivity index (χ2v) is 5.68. The van der Waals surface area contributed by atoms with E-state index in [1.807, 2.05) is 0 Å². The number of piperidine rings is 1. The number of hydrogen-bond donors (Lipinski definition) is 0. The van der Waals surface area contributed by atoms with Gasteiger partial charge in [-0.05, 0) is 12.8 Å². The maximum Gasteiger partial charge on any atom is 0.302 e. The Balaban J connectivity index is 2.56. The average molecular weight is 242 g/mol. The van der Waals surface area contributed by atoms with Crippen LogP contribution >= 0.6 is 10.7 Å². The van der Waals surface area contributed by atoms with Crippen LogP contribution < -0.4 is 0 Å². The fourth-order valence-corrected chi connectivity index (χ4v) is 2.50. The first kappa shape index (κ1) is 11.7. The summed E-state index contributed by atoms with van der Waals surface area (Å²) in [7, 11) is 1.49. The molecule has 0 aromatic carbocycles. The van der Waals surface area contributed by atoms with Crippen molar-refractivity contribution < 1.29 is 17.9 Å². The van der Waals surface area contributed by atoms with E-state index in [0.717, 1.165) is 4.31 Å². The Morgan fingerprint density at radius 1 is 1.57 bits per heavy atom. The molecule has 1 heterocycles. The molecule has 0 spiro atoms. The molecule has 1 aliphatic heterocycles. The van der Waals surface area contributed by atoms with Crippen molar-refractivity contribution in [3.8, 4) is 0 Å². The van der Waals surface area contributed by atoms with E-state index in [-0.39, 0.29) is 12.6 Å². The molecule has 1 aliphatic rings. The van der Waals surface area contributed by atoms with Crippen LogP contribution in [0.3, 0.4) is 0 Å². The van der Waals surface area contributed by atoms with Gasteiger partial charge in [-0.1, -0.05) is 0 Å². The number of ether oxygens (including phenoxy) is 1. The molecule has 14 heavy (non-hydrogen) atoms. The van der Waals surface area contributed by atoms with E-state index in [4.69, 9.17) is 15.4 Å². The van der Waals surface area contributed by atoms with Gasteiger partial charge in [0.15, 0.2) is 0 Å². The van der Waals surface area contributed by atoms with Crippen LogP contribution in [0.1, 0.15) is 19.8 Å². The number of carbonyl (C=O) groups is 1. The highest BCUT2D eigenvalue weighted by atomic mass is 35.7. The quantitative estimate of drug-likeness (QED) is 0.522. The van der Waals surface area contributed by atoms with Crippen molar-refractivity contribution in [2.75, 3.05) is 13.1 Å². The summed E-state index contributed by atoms with van der Waals surface area (Å²) in [6.07, 6.45) is 0.974. The Morgan fingerprint density at radius 3 is 2.71 bits per heavy atom. The molecule has 0 N–H and O–H groups in total. The zero-order chi connectivity index (χ0) is 10.8. The van der Waals surface area contributed by atoms with Crippen LogP contribution in [-0.4, -0.2) is 37.9 Å². The van der Waals surface area contributed by atoms with Crippen molar-refractivity contribution >= 4 is 25.9 Å². The monoisotopic (exact) mass is 241 g/mol. The highest BCUT2D eigenvalue weighted by Crippen LogP contribution is 2.18. The minimum atomic E-state index is -3.68. The van der Waals surface area contributed by atoms with Crippen LogP contribution in [0.2, 0.25) is 0 Å². The summed E-state index contributed by atoms with van der Waals surface area (Å²) in [5.41, 5.74) is 0. The third kappa shape index (κ3) is 3.43. The van der Waals surface area contributed by atoms with Crippen LogP contribution in [0.25, 0.3) is 0 Å². The number of nitrogens with zero attached hydrogens (tertiary/aromatic N) is 1. The van der Waals surface area contributed by atoms with E-state index in [1.165, 1.54) is 6.92 Å². The zero-order valence-corrected chi connectivity index (χ0v) is 9.34. The Kier molecular flexibility index (Phi) is 3.74. The summed E-state index contributed by atoms with van der Waals surface area (Å²) in [5.74, 6) is -0.399. The van der Waals surface area contributed by atoms with Crippen LogP contribution in [0.4, 0.5) is 0 Å². The van der Waals surface area contributed by atoms with E-state index in [9.17, 15) is 13.2 Å². The minimum Gasteiger partial charge on any atom is -0.461 e. The lowest BCUT2D eigenvalue weighted by Gasteiger charge is -2.29. The lowest BCUT2D eigenvalue weighted by Crippen LogP contribution is -2.41. The largest absolute Gasteiger partial charge is 0.461 e. The Bertz CT molecular complexity index is 316. The van der Waals surface area contributed by atoms with Gasteiger partial charge in [0.1, 0.15) is 6.10 Å². The molecule has 7 heteroatoms. The summed E-state index contributed by atoms with van der Waals surface area (Å²) in [6, 6.07) is 0. The summed E-state index contributed by atoms with van der Waals surface area (Å²) in [5, 5.41) is 0. The number of hydrogen-bond acceptors (Lipinski definition) is 4. The molecule has 0 radical (unpaired) electrons. The van der Waals surface area contributed by atoms with Crippen molar-refractivity contribution in [3.63, 3.8) is 0 Å². The molecule has 0 bridgehead atoms. The van der Waals surface area contributed by atoms with Crippen molar-refractivity contribution in [2.24, 2.45) is 0 Å². The smallest absolute Gasteiger partial charge is 0.302 e. The van der Waals surface area contributed by atoms with Crippen LogP contribution in [0, 0.1) is 0 Å². The molecule has 1 unspecified atom stereocenters. The molecule has 1 saturated heterocycles. The van der Waals surface area contributed by atoms with Crippen LogP contribution in [-0.2, 0) is 18.8 Å². The predicted octanol–water partition coefficient (Wildman–Crippen LogP) is 0.498. The predicted molar refractivity (Wildman–Crippen MR) is 51.1 cm³/mol. The molecule has 1 rings (SSSR count). The number of halogens is 1. The van der Waals surface area contributed by atoms with Gasteiger partial charge in [-0.15, -0.1) is 0 Å². The minimum absolute atomic E-state index is 0.158. The maximum atomic E-state index is 11.0. The Hall–Kier alpha value is -0.330. The first-order valence-electron chi connectivity index (χ1n) is 4.26. The van der Waals surface area contributed by atoms with E-state index < -0.39 is 15.2 Å². The third-order valence-electron chi connectivity index (χ3n) is 1.98. The summed E-state index contributed by atoms with van der Waals surface area (Å²) in [6.45, 7) is 1.85. The normalized spacial score (nSPS) is 24.6. The van der Waals surface area contributed by atoms with Crippen molar-refractivity contribution in [1.82, 2.24) is 4.31 Å². The van der Waals surface area contributed by atoms with Crippen molar-refractivity contribution in [3.05, 3.63) is 0 Å². The van der Waals surface area contributed by atoms with Gasteiger partial charge < -0.3 is 4.74 Å². The van der Waals surface area contributed by atoms with E-state index in [1.54, 1.807) is 0 Å². The molecular weight excluding hydrogens is 230 g/mol. The van der Waals surface area contributed by atoms with Gasteiger partial charge in [-0.2, -0.15) is 12.7 Å². The van der Waals surface area contributed by atoms with E-state index in [2.05, 4.69) is 0 Å². The standard InChI is InChI=1S/C7H12ClNO4S/c1-6(10)13-7-3-2-4-9(5-7)14(8,11)12/h7H,2-5H2,1H3. The first-order valence-corrected chi connectivity index (χ1v) is 6.53. The number of carbonyl (C=O) groups excluding carboxylic acids is 1. The molecule has 1 fully saturated rings. The van der Waals surface area contributed by atoms with E-state index >= 15 is 0 Å². The zero-order valence-electron chi connectivity index (χ0n) is 7.77. The van der Waals surface area contributed by atoms with Gasteiger partial charge >= 0.3 is 5.97 Å². The first-order chi connectivity index (χ1) is 6.39. The Labute approximate surface area is 87.5 Å². The second kappa shape index (κ2) is 4.46. The highest BCUT2D eigenvalue weighted by Gasteiger charge is 2.28. The van der Waals surface area contributed by atoms with Gasteiger partial charge in [0, 0.05) is 24.2 Å². The van der Waals surface area contributed by atoms with Gasteiger partial charge in [-0.25, -0.2) is 0 Å². The highest BCUT2D eigenvalue weighted by molar-refractivity contribution is 8.11. The van der Waals surface area contributed by atoms with Gasteiger partial charge in [0.05, 0.1) is 6.54 Å². The molecule has 0 saturated carbocycles. The lowest BCUT2D eigenvalue weighted by atomic mass is 10.1. The summed E-state index contributed by atoms with van der Waals surface area (Å²) < 4.78 is 28.0. The molecule has 0 aliphatic carbocycles. The third-order valence-corrected chi connectivity index (χ3v) is 3.52. The van der Waals surface area contributed by atoms with Crippen LogP contribution in [0.15, 0.2) is 0 Å². The van der Waals surface area contributed by atoms with Gasteiger partial charge in [0.2, 0.25) is 0 Å². The van der Waals surface area contributed by atoms with Crippen molar-refractivity contribution in [2.45, 2.75) is 25.9 Å². The van der Waals surface area contributed by atoms with Gasteiger partial charge in [0.25, 0.3) is 9.24 Å². The SMILES string of the molecule is CC(=O)OC1CCCN(S(=O)(=O)Cl)C1. The molecule has 1 atom stereocenters. The van der Waals surface area contributed by atoms with Gasteiger partial charge in [-0.3, -0.25) is 4.79 Å². The molecule has 82 valence electrons. The number of esters is 1. The fourth-order valence-electron chi connectivity index (χ4n) is 1.43. The lowest BCUT2D eigenvalue weighted by molar-refractivity contribution is -0.147. The topological polar surface area (TPSA) is 63.7 Å². The molecule has 0 aromatic heterocycles. The molecular formula is C7H12ClNO4S.